The molecule has 1 aromatic heterocycles. The molecule has 0 aromatic carbocycles. The van der Waals surface area contributed by atoms with Crippen molar-refractivity contribution in [2.45, 2.75) is 26.4 Å². The van der Waals surface area contributed by atoms with Gasteiger partial charge >= 0.3 is 17.7 Å². The van der Waals surface area contributed by atoms with E-state index in [0.29, 0.717) is 0 Å². The minimum absolute atomic E-state index is 0.0170. The molecule has 2 amide bonds. The van der Waals surface area contributed by atoms with Gasteiger partial charge in [-0.3, -0.25) is 19.9 Å². The average molecular weight is 296 g/mol. The number of hydrogen-bond acceptors (Lipinski definition) is 6. The van der Waals surface area contributed by atoms with E-state index < -0.39 is 22.5 Å². The van der Waals surface area contributed by atoms with Crippen LogP contribution in [-0.4, -0.2) is 34.1 Å². The maximum Gasteiger partial charge on any atom is 0.325 e. The van der Waals surface area contributed by atoms with Gasteiger partial charge in [0.2, 0.25) is 0 Å². The molecule has 2 N–H and O–H groups in total. The minimum Gasteiger partial charge on any atom is -0.459 e. The van der Waals surface area contributed by atoms with E-state index in [1.807, 2.05) is 0 Å². The van der Waals surface area contributed by atoms with Crippen molar-refractivity contribution in [2.24, 2.45) is 0 Å². The molecule has 9 heteroatoms. The minimum atomic E-state index is -0.754. The number of aromatic nitrogens is 1. The van der Waals surface area contributed by atoms with Gasteiger partial charge in [0, 0.05) is 6.20 Å². The highest BCUT2D eigenvalue weighted by Gasteiger charge is 2.18. The van der Waals surface area contributed by atoms with Crippen LogP contribution in [-0.2, 0) is 9.53 Å². The van der Waals surface area contributed by atoms with E-state index >= 15 is 0 Å². The number of carbonyl (C=O) groups excluding carboxylic acids is 2. The van der Waals surface area contributed by atoms with Gasteiger partial charge in [-0.2, -0.15) is 0 Å². The van der Waals surface area contributed by atoms with E-state index in [1.54, 1.807) is 20.8 Å². The van der Waals surface area contributed by atoms with Crippen LogP contribution in [0.25, 0.3) is 0 Å². The second kappa shape index (κ2) is 6.64. The van der Waals surface area contributed by atoms with Crippen molar-refractivity contribution in [1.82, 2.24) is 10.3 Å². The van der Waals surface area contributed by atoms with Crippen LogP contribution >= 0.6 is 0 Å². The van der Waals surface area contributed by atoms with Gasteiger partial charge < -0.3 is 15.4 Å². The van der Waals surface area contributed by atoms with Crippen molar-refractivity contribution in [3.63, 3.8) is 0 Å². The summed E-state index contributed by atoms with van der Waals surface area (Å²) < 4.78 is 5.00. The summed E-state index contributed by atoms with van der Waals surface area (Å²) in [6.45, 7) is 4.75. The molecule has 0 aliphatic heterocycles. The van der Waals surface area contributed by atoms with Gasteiger partial charge in [0.05, 0.1) is 4.92 Å². The number of nitro groups is 1. The molecule has 0 unspecified atom stereocenters. The Labute approximate surface area is 120 Å². The lowest BCUT2D eigenvalue weighted by molar-refractivity contribution is -0.384. The summed E-state index contributed by atoms with van der Waals surface area (Å²) in [6, 6.07) is 0.528. The van der Waals surface area contributed by atoms with E-state index in [9.17, 15) is 19.7 Å². The summed E-state index contributed by atoms with van der Waals surface area (Å²) in [6.07, 6.45) is 2.32. The largest absolute Gasteiger partial charge is 0.459 e. The van der Waals surface area contributed by atoms with E-state index in [2.05, 4.69) is 15.6 Å². The Balaban J connectivity index is 2.55. The Hall–Kier alpha value is -2.71. The van der Waals surface area contributed by atoms with Gasteiger partial charge in [-0.05, 0) is 26.8 Å². The van der Waals surface area contributed by atoms with Gasteiger partial charge in [-0.25, -0.2) is 4.79 Å². The molecular formula is C12H16N4O5. The molecule has 1 heterocycles. The first-order valence-corrected chi connectivity index (χ1v) is 6.04. The first-order chi connectivity index (χ1) is 9.69. The molecule has 1 aromatic rings. The van der Waals surface area contributed by atoms with Crippen molar-refractivity contribution >= 4 is 23.4 Å². The molecular weight excluding hydrogens is 280 g/mol. The van der Waals surface area contributed by atoms with Gasteiger partial charge in [0.1, 0.15) is 24.0 Å². The zero-order valence-electron chi connectivity index (χ0n) is 11.9. The SMILES string of the molecule is CC(C)(C)OC(=O)CNC(=O)Nc1ccncc1[N+](=O)[O-]. The van der Waals surface area contributed by atoms with Crippen LogP contribution in [0.2, 0.25) is 0 Å². The monoisotopic (exact) mass is 296 g/mol. The van der Waals surface area contributed by atoms with Gasteiger partial charge in [0.25, 0.3) is 0 Å². The first-order valence-electron chi connectivity index (χ1n) is 6.04. The number of urea groups is 1. The van der Waals surface area contributed by atoms with Crippen LogP contribution in [0.3, 0.4) is 0 Å². The Bertz CT molecular complexity index is 553. The number of ether oxygens (including phenoxy) is 1. The third-order valence-corrected chi connectivity index (χ3v) is 2.06. The van der Waals surface area contributed by atoms with Crippen LogP contribution in [0, 0.1) is 10.1 Å². The lowest BCUT2D eigenvalue weighted by Crippen LogP contribution is -2.36. The number of nitrogens with zero attached hydrogens (tertiary/aromatic N) is 2. The molecule has 0 aliphatic rings. The molecule has 0 bridgehead atoms. The number of hydrogen-bond donors (Lipinski definition) is 2. The molecule has 0 radical (unpaired) electrons. The molecule has 0 fully saturated rings. The van der Waals surface area contributed by atoms with E-state index in [1.165, 1.54) is 12.3 Å². The van der Waals surface area contributed by atoms with Crippen molar-refractivity contribution < 1.29 is 19.2 Å². The Morgan fingerprint density at radius 3 is 2.67 bits per heavy atom. The van der Waals surface area contributed by atoms with E-state index in [0.717, 1.165) is 6.20 Å². The Morgan fingerprint density at radius 2 is 2.10 bits per heavy atom. The van der Waals surface area contributed by atoms with Crippen LogP contribution < -0.4 is 10.6 Å². The van der Waals surface area contributed by atoms with Gasteiger partial charge in [-0.1, -0.05) is 0 Å². The lowest BCUT2D eigenvalue weighted by atomic mass is 10.2. The van der Waals surface area contributed by atoms with Crippen molar-refractivity contribution in [3.05, 3.63) is 28.6 Å². The van der Waals surface area contributed by atoms with Gasteiger partial charge in [0.15, 0.2) is 0 Å². The fourth-order valence-electron chi connectivity index (χ4n) is 1.33. The van der Waals surface area contributed by atoms with Crippen molar-refractivity contribution in [3.8, 4) is 0 Å². The summed E-state index contributed by atoms with van der Waals surface area (Å²) in [5.74, 6) is -0.609. The number of pyridine rings is 1. The Kier molecular flexibility index (Phi) is 5.17. The molecule has 0 atom stereocenters. The summed E-state index contributed by atoms with van der Waals surface area (Å²) in [7, 11) is 0. The van der Waals surface area contributed by atoms with Crippen LogP contribution in [0.4, 0.5) is 16.2 Å². The summed E-state index contributed by atoms with van der Waals surface area (Å²) in [5, 5.41) is 15.3. The molecule has 0 saturated carbocycles. The highest BCUT2D eigenvalue weighted by atomic mass is 16.6. The molecule has 1 rings (SSSR count). The molecule has 0 aliphatic carbocycles. The second-order valence-corrected chi connectivity index (χ2v) is 5.04. The fraction of sp³-hybridized carbons (Fsp3) is 0.417. The quantitative estimate of drug-likeness (QED) is 0.492. The predicted octanol–water partition coefficient (Wildman–Crippen LogP) is 1.45. The zero-order chi connectivity index (χ0) is 16.0. The number of amides is 2. The standard InChI is InChI=1S/C12H16N4O5/c1-12(2,3)21-10(17)7-14-11(18)15-8-4-5-13-6-9(8)16(19)20/h4-6H,7H2,1-3H3,(H2,13,14,15,18). The smallest absolute Gasteiger partial charge is 0.325 e. The topological polar surface area (TPSA) is 123 Å². The second-order valence-electron chi connectivity index (χ2n) is 5.04. The lowest BCUT2D eigenvalue weighted by Gasteiger charge is -2.19. The third-order valence-electron chi connectivity index (χ3n) is 2.06. The maximum atomic E-state index is 11.6. The zero-order valence-corrected chi connectivity index (χ0v) is 11.9. The number of rotatable bonds is 4. The number of carbonyl (C=O) groups is 2. The predicted molar refractivity (Wildman–Crippen MR) is 73.8 cm³/mol. The summed E-state index contributed by atoms with van der Waals surface area (Å²) in [5.41, 5.74) is -1.01. The van der Waals surface area contributed by atoms with E-state index in [-0.39, 0.29) is 17.9 Å². The van der Waals surface area contributed by atoms with Gasteiger partial charge in [-0.15, -0.1) is 0 Å². The molecule has 0 saturated heterocycles. The van der Waals surface area contributed by atoms with E-state index in [4.69, 9.17) is 4.74 Å². The summed E-state index contributed by atoms with van der Waals surface area (Å²) >= 11 is 0. The molecule has 9 nitrogen and oxygen atoms in total. The molecule has 114 valence electrons. The third kappa shape index (κ3) is 5.85. The van der Waals surface area contributed by atoms with Crippen LogP contribution in [0.5, 0.6) is 0 Å². The number of esters is 1. The highest BCUT2D eigenvalue weighted by molar-refractivity contribution is 5.93. The number of nitrogens with one attached hydrogen (secondary N) is 2. The molecule has 0 spiro atoms. The summed E-state index contributed by atoms with van der Waals surface area (Å²) in [4.78, 5) is 36.7. The highest BCUT2D eigenvalue weighted by Crippen LogP contribution is 2.21. The average Bonchev–Trinajstić information content (AvgIpc) is 2.35. The number of anilines is 1. The molecule has 21 heavy (non-hydrogen) atoms. The van der Waals surface area contributed by atoms with Crippen LogP contribution in [0.1, 0.15) is 20.8 Å². The maximum absolute atomic E-state index is 11.6. The van der Waals surface area contributed by atoms with Crippen molar-refractivity contribution in [1.29, 1.82) is 0 Å². The van der Waals surface area contributed by atoms with Crippen LogP contribution in [0.15, 0.2) is 18.5 Å². The van der Waals surface area contributed by atoms with Crippen molar-refractivity contribution in [2.75, 3.05) is 11.9 Å². The first kappa shape index (κ1) is 16.3. The Morgan fingerprint density at radius 1 is 1.43 bits per heavy atom. The fourth-order valence-corrected chi connectivity index (χ4v) is 1.33. The normalized spacial score (nSPS) is 10.6.